The van der Waals surface area contributed by atoms with Crippen molar-refractivity contribution in [1.29, 1.82) is 0 Å². The molecule has 2 rings (SSSR count). The minimum Gasteiger partial charge on any atom is -0.484 e. The number of nitrogens with zero attached hydrogens (tertiary/aromatic N) is 1. The van der Waals surface area contributed by atoms with Gasteiger partial charge in [-0.3, -0.25) is 14.9 Å². The number of anilines is 1. The van der Waals surface area contributed by atoms with Gasteiger partial charge in [-0.2, -0.15) is 0 Å². The van der Waals surface area contributed by atoms with E-state index < -0.39 is 4.92 Å². The summed E-state index contributed by atoms with van der Waals surface area (Å²) in [6.45, 7) is 5.88. The summed E-state index contributed by atoms with van der Waals surface area (Å²) in [5, 5.41) is 13.4. The van der Waals surface area contributed by atoms with Crippen LogP contribution < -0.4 is 10.1 Å². The third kappa shape index (κ3) is 5.04. The van der Waals surface area contributed by atoms with Gasteiger partial charge in [-0.15, -0.1) is 0 Å². The zero-order valence-corrected chi connectivity index (χ0v) is 14.6. The molecule has 2 aromatic rings. The first-order chi connectivity index (χ1) is 11.9. The smallest absolute Gasteiger partial charge is 0.269 e. The van der Waals surface area contributed by atoms with Crippen LogP contribution in [0, 0.1) is 17.0 Å². The van der Waals surface area contributed by atoms with E-state index in [1.165, 1.54) is 23.8 Å². The predicted molar refractivity (Wildman–Crippen MR) is 97.1 cm³/mol. The second-order valence-corrected chi connectivity index (χ2v) is 5.97. The largest absolute Gasteiger partial charge is 0.484 e. The molecule has 0 saturated heterocycles. The van der Waals surface area contributed by atoms with Crippen molar-refractivity contribution >= 4 is 17.3 Å². The van der Waals surface area contributed by atoms with Gasteiger partial charge in [-0.1, -0.05) is 26.0 Å². The van der Waals surface area contributed by atoms with Crippen molar-refractivity contribution in [2.45, 2.75) is 33.1 Å². The van der Waals surface area contributed by atoms with Gasteiger partial charge < -0.3 is 10.1 Å². The number of aryl methyl sites for hydroxylation is 1. The van der Waals surface area contributed by atoms with Crippen LogP contribution in [0.2, 0.25) is 0 Å². The zero-order valence-electron chi connectivity index (χ0n) is 14.6. The van der Waals surface area contributed by atoms with Crippen LogP contribution in [-0.4, -0.2) is 17.4 Å². The SMILES string of the molecule is CC[C@@H](C)c1ccc(OCC(=O)Nc2ccc([N+](=O)[O-])cc2C)cc1. The Kier molecular flexibility index (Phi) is 6.11. The molecule has 0 heterocycles. The van der Waals surface area contributed by atoms with Crippen molar-refractivity contribution in [2.75, 3.05) is 11.9 Å². The van der Waals surface area contributed by atoms with Crippen molar-refractivity contribution in [3.8, 4) is 5.75 Å². The maximum atomic E-state index is 12.0. The Morgan fingerprint density at radius 2 is 1.92 bits per heavy atom. The van der Waals surface area contributed by atoms with E-state index in [1.807, 2.05) is 24.3 Å². The van der Waals surface area contributed by atoms with Gasteiger partial charge in [0, 0.05) is 17.8 Å². The molecule has 6 heteroatoms. The fourth-order valence-corrected chi connectivity index (χ4v) is 2.37. The van der Waals surface area contributed by atoms with E-state index in [-0.39, 0.29) is 18.2 Å². The monoisotopic (exact) mass is 342 g/mol. The van der Waals surface area contributed by atoms with E-state index >= 15 is 0 Å². The average Bonchev–Trinajstić information content (AvgIpc) is 2.61. The lowest BCUT2D eigenvalue weighted by atomic mass is 9.99. The van der Waals surface area contributed by atoms with Crippen molar-refractivity contribution in [3.05, 3.63) is 63.7 Å². The summed E-state index contributed by atoms with van der Waals surface area (Å²) >= 11 is 0. The summed E-state index contributed by atoms with van der Waals surface area (Å²) in [6, 6.07) is 12.0. The standard InChI is InChI=1S/C19H22N2O4/c1-4-13(2)15-5-8-17(9-6-15)25-12-19(22)20-18-10-7-16(21(23)24)11-14(18)3/h5-11,13H,4,12H2,1-3H3,(H,20,22)/t13-/m1/s1. The molecule has 0 aliphatic heterocycles. The van der Waals surface area contributed by atoms with E-state index in [2.05, 4.69) is 19.2 Å². The number of nitro benzene ring substituents is 1. The van der Waals surface area contributed by atoms with Gasteiger partial charge >= 0.3 is 0 Å². The van der Waals surface area contributed by atoms with Crippen molar-refractivity contribution < 1.29 is 14.5 Å². The lowest BCUT2D eigenvalue weighted by Gasteiger charge is -2.11. The molecule has 2 aromatic carbocycles. The third-order valence-corrected chi connectivity index (χ3v) is 4.13. The van der Waals surface area contributed by atoms with Gasteiger partial charge in [0.2, 0.25) is 0 Å². The Balaban J connectivity index is 1.91. The molecular weight excluding hydrogens is 320 g/mol. The minimum absolute atomic E-state index is 0.00635. The van der Waals surface area contributed by atoms with Crippen molar-refractivity contribution in [3.63, 3.8) is 0 Å². The van der Waals surface area contributed by atoms with Gasteiger partial charge in [0.25, 0.3) is 11.6 Å². The molecular formula is C19H22N2O4. The van der Waals surface area contributed by atoms with Crippen molar-refractivity contribution in [2.24, 2.45) is 0 Å². The number of hydrogen-bond acceptors (Lipinski definition) is 4. The summed E-state index contributed by atoms with van der Waals surface area (Å²) in [5.41, 5.74) is 2.39. The molecule has 25 heavy (non-hydrogen) atoms. The number of carbonyl (C=O) groups is 1. The van der Waals surface area contributed by atoms with Crippen molar-refractivity contribution in [1.82, 2.24) is 0 Å². The van der Waals surface area contributed by atoms with Gasteiger partial charge in [0.05, 0.1) is 4.92 Å². The van der Waals surface area contributed by atoms with Crippen LogP contribution in [-0.2, 0) is 4.79 Å². The summed E-state index contributed by atoms with van der Waals surface area (Å²) in [6.07, 6.45) is 1.07. The van der Waals surface area contributed by atoms with Crippen LogP contribution >= 0.6 is 0 Å². The normalized spacial score (nSPS) is 11.6. The molecule has 0 fully saturated rings. The van der Waals surface area contributed by atoms with Crippen LogP contribution in [0.5, 0.6) is 5.75 Å². The molecule has 0 radical (unpaired) electrons. The number of ether oxygens (including phenoxy) is 1. The molecule has 1 N–H and O–H groups in total. The topological polar surface area (TPSA) is 81.5 Å². The highest BCUT2D eigenvalue weighted by Crippen LogP contribution is 2.22. The predicted octanol–water partition coefficient (Wildman–Crippen LogP) is 4.43. The highest BCUT2D eigenvalue weighted by Gasteiger charge is 2.11. The minimum atomic E-state index is -0.467. The molecule has 1 amide bonds. The fourth-order valence-electron chi connectivity index (χ4n) is 2.37. The molecule has 0 aliphatic rings. The van der Waals surface area contributed by atoms with Crippen LogP contribution in [0.25, 0.3) is 0 Å². The Morgan fingerprint density at radius 3 is 2.48 bits per heavy atom. The summed E-state index contributed by atoms with van der Waals surface area (Å²) in [5.74, 6) is 0.799. The maximum absolute atomic E-state index is 12.0. The lowest BCUT2D eigenvalue weighted by molar-refractivity contribution is -0.384. The van der Waals surface area contributed by atoms with Gasteiger partial charge in [-0.05, 0) is 48.6 Å². The number of benzene rings is 2. The molecule has 0 aliphatic carbocycles. The molecule has 0 spiro atoms. The van der Waals surface area contributed by atoms with Crippen LogP contribution in [0.15, 0.2) is 42.5 Å². The Hall–Kier alpha value is -2.89. The molecule has 132 valence electrons. The first-order valence-corrected chi connectivity index (χ1v) is 8.18. The Labute approximate surface area is 147 Å². The first kappa shape index (κ1) is 18.4. The zero-order chi connectivity index (χ0) is 18.4. The number of carbonyl (C=O) groups excluding carboxylic acids is 1. The Bertz CT molecular complexity index is 757. The molecule has 0 saturated carbocycles. The third-order valence-electron chi connectivity index (χ3n) is 4.13. The second-order valence-electron chi connectivity index (χ2n) is 5.97. The quantitative estimate of drug-likeness (QED) is 0.596. The number of nitrogens with one attached hydrogen (secondary N) is 1. The van der Waals surface area contributed by atoms with Crippen LogP contribution in [0.1, 0.15) is 37.3 Å². The van der Waals surface area contributed by atoms with E-state index in [0.717, 1.165) is 6.42 Å². The maximum Gasteiger partial charge on any atom is 0.269 e. The van der Waals surface area contributed by atoms with Crippen LogP contribution in [0.4, 0.5) is 11.4 Å². The van der Waals surface area contributed by atoms with E-state index in [4.69, 9.17) is 4.74 Å². The highest BCUT2D eigenvalue weighted by atomic mass is 16.6. The Morgan fingerprint density at radius 1 is 1.24 bits per heavy atom. The first-order valence-electron chi connectivity index (χ1n) is 8.18. The molecule has 1 atom stereocenters. The van der Waals surface area contributed by atoms with E-state index in [1.54, 1.807) is 6.92 Å². The van der Waals surface area contributed by atoms with Gasteiger partial charge in [0.15, 0.2) is 6.61 Å². The fraction of sp³-hybridized carbons (Fsp3) is 0.316. The molecule has 6 nitrogen and oxygen atoms in total. The van der Waals surface area contributed by atoms with Crippen LogP contribution in [0.3, 0.4) is 0 Å². The number of rotatable bonds is 7. The molecule has 0 unspecified atom stereocenters. The number of amides is 1. The highest BCUT2D eigenvalue weighted by molar-refractivity contribution is 5.92. The number of hydrogen-bond donors (Lipinski definition) is 1. The number of non-ortho nitro benzene ring substituents is 1. The molecule has 0 aromatic heterocycles. The summed E-state index contributed by atoms with van der Waals surface area (Å²) < 4.78 is 5.49. The van der Waals surface area contributed by atoms with E-state index in [0.29, 0.717) is 22.9 Å². The van der Waals surface area contributed by atoms with Gasteiger partial charge in [-0.25, -0.2) is 0 Å². The van der Waals surface area contributed by atoms with Gasteiger partial charge in [0.1, 0.15) is 5.75 Å². The summed E-state index contributed by atoms with van der Waals surface area (Å²) in [4.78, 5) is 22.3. The lowest BCUT2D eigenvalue weighted by Crippen LogP contribution is -2.20. The average molecular weight is 342 g/mol. The number of nitro groups is 1. The van der Waals surface area contributed by atoms with E-state index in [9.17, 15) is 14.9 Å². The summed E-state index contributed by atoms with van der Waals surface area (Å²) in [7, 11) is 0. The molecule has 0 bridgehead atoms. The second kappa shape index (κ2) is 8.28.